The van der Waals surface area contributed by atoms with Crippen molar-refractivity contribution in [3.63, 3.8) is 0 Å². The third-order valence-corrected chi connectivity index (χ3v) is 2.76. The van der Waals surface area contributed by atoms with Gasteiger partial charge < -0.3 is 20.7 Å². The molecule has 3 N–H and O–H groups in total. The lowest BCUT2D eigenvalue weighted by Crippen LogP contribution is -2.42. The van der Waals surface area contributed by atoms with E-state index < -0.39 is 0 Å². The molecule has 5 nitrogen and oxygen atoms in total. The SMILES string of the molecule is COCC(C)NC(N)=NCC(CC(C)C)N(C)C.I. The first-order chi connectivity index (χ1) is 8.36. The molecule has 2 atom stereocenters. The van der Waals surface area contributed by atoms with Crippen LogP contribution >= 0.6 is 24.0 Å². The van der Waals surface area contributed by atoms with Crippen LogP contribution in [0.3, 0.4) is 0 Å². The van der Waals surface area contributed by atoms with Gasteiger partial charge in [0, 0.05) is 19.2 Å². The minimum Gasteiger partial charge on any atom is -0.383 e. The second-order valence-corrected chi connectivity index (χ2v) is 5.47. The Bertz CT molecular complexity index is 247. The Labute approximate surface area is 135 Å². The van der Waals surface area contributed by atoms with Crippen LogP contribution in [0.2, 0.25) is 0 Å². The Hall–Kier alpha value is -0.0800. The van der Waals surface area contributed by atoms with E-state index in [0.29, 0.717) is 24.5 Å². The fourth-order valence-electron chi connectivity index (χ4n) is 1.79. The number of aliphatic imine (C=N–C) groups is 1. The van der Waals surface area contributed by atoms with Gasteiger partial charge in [0.2, 0.25) is 0 Å². The van der Waals surface area contributed by atoms with Crippen LogP contribution in [0, 0.1) is 5.92 Å². The number of likely N-dealkylation sites (N-methyl/N-ethyl adjacent to an activating group) is 1. The summed E-state index contributed by atoms with van der Waals surface area (Å²) in [7, 11) is 5.84. The van der Waals surface area contributed by atoms with E-state index in [9.17, 15) is 0 Å². The highest BCUT2D eigenvalue weighted by Gasteiger charge is 2.13. The lowest BCUT2D eigenvalue weighted by molar-refractivity contribution is 0.179. The van der Waals surface area contributed by atoms with Crippen LogP contribution in [0.15, 0.2) is 4.99 Å². The van der Waals surface area contributed by atoms with Crippen molar-refractivity contribution >= 4 is 29.9 Å². The van der Waals surface area contributed by atoms with Crippen LogP contribution in [0.4, 0.5) is 0 Å². The van der Waals surface area contributed by atoms with Gasteiger partial charge in [-0.05, 0) is 33.4 Å². The molecule has 0 bridgehead atoms. The van der Waals surface area contributed by atoms with E-state index in [0.717, 1.165) is 13.0 Å². The second kappa shape index (κ2) is 11.7. The molecule has 0 fully saturated rings. The molecule has 0 aliphatic heterocycles. The fourth-order valence-corrected chi connectivity index (χ4v) is 1.79. The van der Waals surface area contributed by atoms with Gasteiger partial charge in [0.15, 0.2) is 5.96 Å². The quantitative estimate of drug-likeness (QED) is 0.377. The number of methoxy groups -OCH3 is 1. The van der Waals surface area contributed by atoms with Gasteiger partial charge in [-0.15, -0.1) is 24.0 Å². The molecule has 0 rings (SSSR count). The maximum Gasteiger partial charge on any atom is 0.188 e. The first kappa shape index (κ1) is 21.2. The van der Waals surface area contributed by atoms with Crippen LogP contribution in [0.25, 0.3) is 0 Å². The van der Waals surface area contributed by atoms with Gasteiger partial charge in [-0.3, -0.25) is 4.99 Å². The Morgan fingerprint density at radius 1 is 1.32 bits per heavy atom. The molecule has 0 radical (unpaired) electrons. The predicted molar refractivity (Wildman–Crippen MR) is 93.3 cm³/mol. The molecule has 116 valence electrons. The molecule has 2 unspecified atom stereocenters. The summed E-state index contributed by atoms with van der Waals surface area (Å²) in [5, 5.41) is 3.11. The van der Waals surface area contributed by atoms with Crippen LogP contribution in [0.5, 0.6) is 0 Å². The predicted octanol–water partition coefficient (Wildman–Crippen LogP) is 1.52. The molecule has 0 spiro atoms. The van der Waals surface area contributed by atoms with Gasteiger partial charge in [-0.2, -0.15) is 0 Å². The summed E-state index contributed by atoms with van der Waals surface area (Å²) in [6.45, 7) is 7.82. The summed E-state index contributed by atoms with van der Waals surface area (Å²) in [4.78, 5) is 6.61. The number of hydrogen-bond acceptors (Lipinski definition) is 3. The van der Waals surface area contributed by atoms with E-state index in [4.69, 9.17) is 10.5 Å². The molecule has 19 heavy (non-hydrogen) atoms. The number of nitrogens with zero attached hydrogens (tertiary/aromatic N) is 2. The maximum atomic E-state index is 5.85. The van der Waals surface area contributed by atoms with Crippen molar-refractivity contribution in [3.8, 4) is 0 Å². The number of ether oxygens (including phenoxy) is 1. The molecule has 0 saturated carbocycles. The molecule has 0 aromatic heterocycles. The number of rotatable bonds is 8. The largest absolute Gasteiger partial charge is 0.383 e. The van der Waals surface area contributed by atoms with Gasteiger partial charge in [-0.25, -0.2) is 0 Å². The highest BCUT2D eigenvalue weighted by atomic mass is 127. The molecule has 0 aliphatic rings. The lowest BCUT2D eigenvalue weighted by atomic mass is 10.0. The van der Waals surface area contributed by atoms with E-state index in [1.54, 1.807) is 7.11 Å². The summed E-state index contributed by atoms with van der Waals surface area (Å²) in [5.74, 6) is 1.16. The van der Waals surface area contributed by atoms with E-state index in [2.05, 4.69) is 43.2 Å². The monoisotopic (exact) mass is 386 g/mol. The highest BCUT2D eigenvalue weighted by Crippen LogP contribution is 2.09. The van der Waals surface area contributed by atoms with E-state index >= 15 is 0 Å². The van der Waals surface area contributed by atoms with Gasteiger partial charge in [-0.1, -0.05) is 13.8 Å². The van der Waals surface area contributed by atoms with Crippen molar-refractivity contribution in [1.29, 1.82) is 0 Å². The Morgan fingerprint density at radius 2 is 1.89 bits per heavy atom. The minimum atomic E-state index is 0. The number of nitrogens with one attached hydrogen (secondary N) is 1. The molecule has 0 amide bonds. The summed E-state index contributed by atoms with van der Waals surface area (Å²) in [5.41, 5.74) is 5.85. The Morgan fingerprint density at radius 3 is 2.32 bits per heavy atom. The zero-order valence-electron chi connectivity index (χ0n) is 13.1. The topological polar surface area (TPSA) is 62.9 Å². The minimum absolute atomic E-state index is 0. The van der Waals surface area contributed by atoms with Crippen LogP contribution in [-0.2, 0) is 4.74 Å². The first-order valence-corrected chi connectivity index (χ1v) is 6.58. The van der Waals surface area contributed by atoms with Gasteiger partial charge in [0.1, 0.15) is 0 Å². The molecule has 0 aromatic rings. The summed E-state index contributed by atoms with van der Waals surface area (Å²) >= 11 is 0. The lowest BCUT2D eigenvalue weighted by Gasteiger charge is -2.24. The van der Waals surface area contributed by atoms with Crippen LogP contribution in [0.1, 0.15) is 27.2 Å². The third kappa shape index (κ3) is 11.4. The molecule has 0 aliphatic carbocycles. The van der Waals surface area contributed by atoms with Crippen molar-refractivity contribution in [1.82, 2.24) is 10.2 Å². The first-order valence-electron chi connectivity index (χ1n) is 6.58. The highest BCUT2D eigenvalue weighted by molar-refractivity contribution is 14.0. The average Bonchev–Trinajstić information content (AvgIpc) is 2.23. The average molecular weight is 386 g/mol. The maximum absolute atomic E-state index is 5.85. The number of hydrogen-bond donors (Lipinski definition) is 2. The zero-order chi connectivity index (χ0) is 14.1. The van der Waals surface area contributed by atoms with Crippen molar-refractivity contribution in [2.75, 3.05) is 34.4 Å². The molecule has 0 saturated heterocycles. The van der Waals surface area contributed by atoms with Crippen molar-refractivity contribution in [3.05, 3.63) is 0 Å². The summed E-state index contributed by atoms with van der Waals surface area (Å²) < 4.78 is 5.04. The van der Waals surface area contributed by atoms with Crippen molar-refractivity contribution < 1.29 is 4.74 Å². The second-order valence-electron chi connectivity index (χ2n) is 5.47. The number of halogens is 1. The summed E-state index contributed by atoms with van der Waals surface area (Å²) in [6.07, 6.45) is 1.12. The molecular weight excluding hydrogens is 355 g/mol. The van der Waals surface area contributed by atoms with E-state index in [1.807, 2.05) is 6.92 Å². The fraction of sp³-hybridized carbons (Fsp3) is 0.923. The molecule has 0 aromatic carbocycles. The van der Waals surface area contributed by atoms with E-state index in [1.165, 1.54) is 0 Å². The molecule has 0 heterocycles. The van der Waals surface area contributed by atoms with E-state index in [-0.39, 0.29) is 30.0 Å². The van der Waals surface area contributed by atoms with Gasteiger partial charge in [0.25, 0.3) is 0 Å². The number of guanidine groups is 1. The van der Waals surface area contributed by atoms with Gasteiger partial charge in [0.05, 0.1) is 13.2 Å². The molecular formula is C13H31IN4O. The standard InChI is InChI=1S/C13H30N4O.HI/c1-10(2)7-12(17(4)5)8-15-13(14)16-11(3)9-18-6;/h10-12H,7-9H2,1-6H3,(H3,14,15,16);1H. The smallest absolute Gasteiger partial charge is 0.188 e. The Kier molecular flexibility index (Phi) is 13.1. The van der Waals surface area contributed by atoms with Crippen molar-refractivity contribution in [2.45, 2.75) is 39.3 Å². The van der Waals surface area contributed by atoms with Crippen LogP contribution < -0.4 is 11.1 Å². The molecule has 6 heteroatoms. The third-order valence-electron chi connectivity index (χ3n) is 2.76. The summed E-state index contributed by atoms with van der Waals surface area (Å²) in [6, 6.07) is 0.615. The van der Waals surface area contributed by atoms with Gasteiger partial charge >= 0.3 is 0 Å². The Balaban J connectivity index is 0. The van der Waals surface area contributed by atoms with Crippen LogP contribution in [-0.4, -0.2) is 57.3 Å². The zero-order valence-corrected chi connectivity index (χ0v) is 15.5. The normalized spacial score (nSPS) is 15.3. The number of nitrogens with two attached hydrogens (primary N) is 1. The van der Waals surface area contributed by atoms with Crippen molar-refractivity contribution in [2.24, 2.45) is 16.6 Å².